The Kier molecular flexibility index (Phi) is 4.02. The van der Waals surface area contributed by atoms with Gasteiger partial charge in [-0.15, -0.1) is 0 Å². The smallest absolute Gasteiger partial charge is 0.220 e. The number of halogens is 1. The largest absolute Gasteiger partial charge is 0.369 e. The Balaban J connectivity index is 2.17. The summed E-state index contributed by atoms with van der Waals surface area (Å²) in [5.74, 6) is 0.593. The summed E-state index contributed by atoms with van der Waals surface area (Å²) < 4.78 is 0.813. The van der Waals surface area contributed by atoms with E-state index in [1.54, 1.807) is 6.07 Å². The summed E-state index contributed by atoms with van der Waals surface area (Å²) in [5.41, 5.74) is 14.1. The second-order valence-electron chi connectivity index (χ2n) is 6.05. The Labute approximate surface area is 144 Å². The zero-order chi connectivity index (χ0) is 16.6. The van der Waals surface area contributed by atoms with E-state index in [0.717, 1.165) is 41.4 Å². The lowest BCUT2D eigenvalue weighted by Gasteiger charge is -2.46. The molecule has 1 aromatic carbocycles. The number of nitrogens with two attached hydrogens (primary N) is 2. The molecule has 0 unspecified atom stereocenters. The van der Waals surface area contributed by atoms with Crippen LogP contribution in [-0.4, -0.2) is 17.6 Å². The Morgan fingerprint density at radius 2 is 1.96 bits per heavy atom. The number of hydrogen-bond donors (Lipinski definition) is 2. The van der Waals surface area contributed by atoms with Crippen LogP contribution in [0.25, 0.3) is 0 Å². The molecular formula is C16H19BrN6. The van der Waals surface area contributed by atoms with Crippen LogP contribution in [0.1, 0.15) is 43.2 Å². The van der Waals surface area contributed by atoms with Crippen molar-refractivity contribution in [2.45, 2.75) is 44.7 Å². The summed E-state index contributed by atoms with van der Waals surface area (Å²) in [6.45, 7) is 1.96. The van der Waals surface area contributed by atoms with E-state index < -0.39 is 5.66 Å². The highest BCUT2D eigenvalue weighted by Crippen LogP contribution is 2.43. The molecule has 0 radical (unpaired) electrons. The Hall–Kier alpha value is -2.07. The fourth-order valence-corrected chi connectivity index (χ4v) is 4.27. The average molecular weight is 375 g/mol. The topological polar surface area (TPSA) is 104 Å². The van der Waals surface area contributed by atoms with E-state index in [4.69, 9.17) is 16.7 Å². The maximum Gasteiger partial charge on any atom is 0.220 e. The highest BCUT2D eigenvalue weighted by atomic mass is 79.9. The number of anilines is 1. The number of aryl methyl sites for hydroxylation is 1. The van der Waals surface area contributed by atoms with Crippen molar-refractivity contribution in [1.29, 1.82) is 5.26 Å². The first-order valence-electron chi connectivity index (χ1n) is 7.67. The number of benzene rings is 1. The third-order valence-corrected chi connectivity index (χ3v) is 5.06. The van der Waals surface area contributed by atoms with Gasteiger partial charge < -0.3 is 11.5 Å². The van der Waals surface area contributed by atoms with Crippen molar-refractivity contribution in [3.63, 3.8) is 0 Å². The van der Waals surface area contributed by atoms with Crippen LogP contribution in [0.3, 0.4) is 0 Å². The summed E-state index contributed by atoms with van der Waals surface area (Å²) >= 11 is 3.58. The number of nitriles is 1. The molecule has 4 N–H and O–H groups in total. The van der Waals surface area contributed by atoms with Crippen LogP contribution in [0.5, 0.6) is 0 Å². The third kappa shape index (κ3) is 2.68. The quantitative estimate of drug-likeness (QED) is 0.788. The molecule has 0 atom stereocenters. The van der Waals surface area contributed by atoms with E-state index in [1.807, 2.05) is 17.9 Å². The Morgan fingerprint density at radius 3 is 2.57 bits per heavy atom. The lowest BCUT2D eigenvalue weighted by Crippen LogP contribution is -2.58. The average Bonchev–Trinajstić information content (AvgIpc) is 2.49. The molecule has 1 aliphatic heterocycles. The maximum absolute atomic E-state index is 9.15. The van der Waals surface area contributed by atoms with Gasteiger partial charge in [-0.25, -0.2) is 4.99 Å². The summed E-state index contributed by atoms with van der Waals surface area (Å²) in [7, 11) is 0. The number of nitrogens with zero attached hydrogens (tertiary/aromatic N) is 4. The predicted molar refractivity (Wildman–Crippen MR) is 95.1 cm³/mol. The van der Waals surface area contributed by atoms with Crippen LogP contribution in [0.4, 0.5) is 5.69 Å². The van der Waals surface area contributed by atoms with Gasteiger partial charge in [-0.05, 0) is 66.2 Å². The summed E-state index contributed by atoms with van der Waals surface area (Å²) in [6.07, 6.45) is 5.11. The van der Waals surface area contributed by atoms with Gasteiger partial charge >= 0.3 is 0 Å². The fourth-order valence-electron chi connectivity index (χ4n) is 3.53. The standard InChI is InChI=1S/C16H19BrN6/c1-10-7-11(9-18)8-12(17)13(10)23-15(20)21-14(19)22-16(23)5-3-2-4-6-16/h7-8H,2-6H2,1H3,(H4,19,20,21,22). The van der Waals surface area contributed by atoms with Crippen molar-refractivity contribution in [2.75, 3.05) is 4.90 Å². The minimum atomic E-state index is -0.477. The minimum Gasteiger partial charge on any atom is -0.369 e. The number of hydrogen-bond acceptors (Lipinski definition) is 6. The molecule has 23 heavy (non-hydrogen) atoms. The molecule has 3 rings (SSSR count). The van der Waals surface area contributed by atoms with E-state index in [0.29, 0.717) is 11.5 Å². The van der Waals surface area contributed by atoms with Gasteiger partial charge in [-0.2, -0.15) is 10.3 Å². The predicted octanol–water partition coefficient (Wildman–Crippen LogP) is 2.74. The highest BCUT2D eigenvalue weighted by Gasteiger charge is 2.43. The molecular weight excluding hydrogens is 356 g/mol. The molecule has 1 spiro atoms. The van der Waals surface area contributed by atoms with Gasteiger partial charge in [0.15, 0.2) is 0 Å². The first kappa shape index (κ1) is 15.8. The van der Waals surface area contributed by atoms with E-state index in [-0.39, 0.29) is 5.96 Å². The second-order valence-corrected chi connectivity index (χ2v) is 6.91. The van der Waals surface area contributed by atoms with Crippen molar-refractivity contribution < 1.29 is 0 Å². The molecule has 120 valence electrons. The molecule has 0 amide bonds. The first-order valence-corrected chi connectivity index (χ1v) is 8.46. The second kappa shape index (κ2) is 5.85. The molecule has 2 aliphatic rings. The monoisotopic (exact) mass is 374 g/mol. The van der Waals surface area contributed by atoms with Crippen molar-refractivity contribution in [2.24, 2.45) is 21.5 Å². The highest BCUT2D eigenvalue weighted by molar-refractivity contribution is 9.10. The summed E-state index contributed by atoms with van der Waals surface area (Å²) in [4.78, 5) is 10.8. The van der Waals surface area contributed by atoms with Gasteiger partial charge in [0.25, 0.3) is 0 Å². The van der Waals surface area contributed by atoms with Crippen LogP contribution in [0, 0.1) is 18.3 Å². The molecule has 1 aliphatic carbocycles. The van der Waals surface area contributed by atoms with Gasteiger partial charge in [-0.1, -0.05) is 6.42 Å². The molecule has 1 heterocycles. The van der Waals surface area contributed by atoms with Crippen molar-refractivity contribution in [1.82, 2.24) is 0 Å². The molecule has 1 aromatic rings. The summed E-state index contributed by atoms with van der Waals surface area (Å²) in [5, 5.41) is 9.15. The SMILES string of the molecule is Cc1cc(C#N)cc(Br)c1N1C(N)=NC(N)=NC12CCCCC2. The zero-order valence-corrected chi connectivity index (χ0v) is 14.6. The third-order valence-electron chi connectivity index (χ3n) is 4.46. The van der Waals surface area contributed by atoms with Gasteiger partial charge in [0, 0.05) is 4.47 Å². The zero-order valence-electron chi connectivity index (χ0n) is 13.0. The van der Waals surface area contributed by atoms with Crippen molar-refractivity contribution >= 4 is 33.5 Å². The van der Waals surface area contributed by atoms with Crippen LogP contribution < -0.4 is 16.4 Å². The molecule has 0 bridgehead atoms. The van der Waals surface area contributed by atoms with Gasteiger partial charge in [0.2, 0.25) is 11.9 Å². The van der Waals surface area contributed by atoms with Gasteiger partial charge in [0.05, 0.1) is 17.3 Å². The summed E-state index contributed by atoms with van der Waals surface area (Å²) in [6, 6.07) is 5.82. The Morgan fingerprint density at radius 1 is 1.26 bits per heavy atom. The first-order chi connectivity index (χ1) is 11.0. The molecule has 1 fully saturated rings. The van der Waals surface area contributed by atoms with E-state index >= 15 is 0 Å². The van der Waals surface area contributed by atoms with E-state index in [2.05, 4.69) is 32.0 Å². The maximum atomic E-state index is 9.15. The molecule has 1 saturated carbocycles. The van der Waals surface area contributed by atoms with Crippen molar-refractivity contribution in [3.05, 3.63) is 27.7 Å². The van der Waals surface area contributed by atoms with Crippen molar-refractivity contribution in [3.8, 4) is 6.07 Å². The number of rotatable bonds is 1. The lowest BCUT2D eigenvalue weighted by atomic mass is 9.87. The Bertz CT molecular complexity index is 716. The number of aliphatic imine (C=N–C) groups is 2. The molecule has 0 saturated heterocycles. The van der Waals surface area contributed by atoms with Crippen LogP contribution >= 0.6 is 15.9 Å². The minimum absolute atomic E-state index is 0.239. The van der Waals surface area contributed by atoms with Crippen LogP contribution in [0.15, 0.2) is 26.6 Å². The normalized spacial score (nSPS) is 20.0. The fraction of sp³-hybridized carbons (Fsp3) is 0.438. The van der Waals surface area contributed by atoms with Crippen LogP contribution in [-0.2, 0) is 0 Å². The number of guanidine groups is 2. The molecule has 7 heteroatoms. The van der Waals surface area contributed by atoms with E-state index in [1.165, 1.54) is 6.42 Å². The van der Waals surface area contributed by atoms with E-state index in [9.17, 15) is 0 Å². The molecule has 6 nitrogen and oxygen atoms in total. The lowest BCUT2D eigenvalue weighted by molar-refractivity contribution is 0.305. The van der Waals surface area contributed by atoms with Gasteiger partial charge in [0.1, 0.15) is 5.66 Å². The van der Waals surface area contributed by atoms with Crippen LogP contribution in [0.2, 0.25) is 0 Å². The van der Waals surface area contributed by atoms with Gasteiger partial charge in [-0.3, -0.25) is 4.90 Å². The molecule has 0 aromatic heterocycles.